The Bertz CT molecular complexity index is 1570. The second-order valence-electron chi connectivity index (χ2n) is 12.0. The van der Waals surface area contributed by atoms with E-state index in [0.29, 0.717) is 43.8 Å². The van der Waals surface area contributed by atoms with Gasteiger partial charge < -0.3 is 29.2 Å². The molecule has 2 fully saturated rings. The zero-order valence-electron chi connectivity index (χ0n) is 25.3. The van der Waals surface area contributed by atoms with Crippen LogP contribution in [-0.4, -0.2) is 96.2 Å². The highest BCUT2D eigenvalue weighted by Gasteiger charge is 2.35. The predicted octanol–water partition coefficient (Wildman–Crippen LogP) is 4.47. The van der Waals surface area contributed by atoms with E-state index in [0.717, 1.165) is 65.5 Å². The van der Waals surface area contributed by atoms with E-state index in [2.05, 4.69) is 38.2 Å². The van der Waals surface area contributed by atoms with Gasteiger partial charge in [0.05, 0.1) is 29.1 Å². The Balaban J connectivity index is 1.28. The van der Waals surface area contributed by atoms with Gasteiger partial charge in [-0.1, -0.05) is 36.7 Å². The molecule has 10 nitrogen and oxygen atoms in total. The van der Waals surface area contributed by atoms with Crippen molar-refractivity contribution in [2.45, 2.75) is 38.3 Å². The molecule has 2 aromatic heterocycles. The molecule has 1 saturated heterocycles. The first-order valence-corrected chi connectivity index (χ1v) is 15.8. The van der Waals surface area contributed by atoms with Gasteiger partial charge in [-0.25, -0.2) is 6.57 Å². The van der Waals surface area contributed by atoms with Crippen LogP contribution in [0.2, 0.25) is 5.02 Å². The van der Waals surface area contributed by atoms with E-state index >= 15 is 0 Å². The number of likely N-dealkylation sites (N-methyl/N-ethyl adjacent to an activating group) is 1. The molecule has 0 N–H and O–H groups in total. The number of carbonyl (C=O) groups is 1. The molecule has 3 aliphatic rings. The number of carbonyl (C=O) groups excluding carboxylic acids is 1. The van der Waals surface area contributed by atoms with Gasteiger partial charge in [-0.3, -0.25) is 9.78 Å². The quantitative estimate of drug-likeness (QED) is 0.244. The third-order valence-corrected chi connectivity index (χ3v) is 9.43. The zero-order chi connectivity index (χ0) is 30.6. The molecule has 1 saturated carbocycles. The molecule has 11 heteroatoms. The maximum Gasteiger partial charge on any atom is 0.318 e. The number of hydrogen-bond acceptors (Lipinski definition) is 8. The van der Waals surface area contributed by atoms with E-state index in [1.54, 1.807) is 4.90 Å². The van der Waals surface area contributed by atoms with Gasteiger partial charge in [-0.05, 0) is 44.4 Å². The Labute approximate surface area is 264 Å². The highest BCUT2D eigenvalue weighted by Crippen LogP contribution is 2.36. The molecule has 230 valence electrons. The summed E-state index contributed by atoms with van der Waals surface area (Å²) in [6.45, 7) is 16.7. The lowest BCUT2D eigenvalue weighted by molar-refractivity contribution is -0.128. The number of piperazine rings is 1. The second-order valence-corrected chi connectivity index (χ2v) is 12.4. The summed E-state index contributed by atoms with van der Waals surface area (Å²) in [5, 5.41) is 2.68. The fourth-order valence-corrected chi connectivity index (χ4v) is 6.83. The lowest BCUT2D eigenvalue weighted by Gasteiger charge is -2.41. The minimum absolute atomic E-state index is 0.143. The van der Waals surface area contributed by atoms with Crippen molar-refractivity contribution < 1.29 is 9.53 Å². The van der Waals surface area contributed by atoms with Gasteiger partial charge in [-0.2, -0.15) is 9.97 Å². The number of hydrogen-bond donors (Lipinski definition) is 0. The zero-order valence-corrected chi connectivity index (χ0v) is 26.0. The molecule has 1 aliphatic carbocycles. The molecule has 3 aromatic rings. The first-order valence-electron chi connectivity index (χ1n) is 15.4. The molecule has 1 atom stereocenters. The van der Waals surface area contributed by atoms with Crippen LogP contribution in [0.25, 0.3) is 15.6 Å². The van der Waals surface area contributed by atoms with Crippen molar-refractivity contribution >= 4 is 39.8 Å². The lowest BCUT2D eigenvalue weighted by atomic mass is 9.85. The van der Waals surface area contributed by atoms with Gasteiger partial charge in [0.1, 0.15) is 18.5 Å². The molecule has 0 radical (unpaired) electrons. The normalized spacial score (nSPS) is 18.6. The largest absolute Gasteiger partial charge is 0.462 e. The van der Waals surface area contributed by atoms with Crippen molar-refractivity contribution in [1.29, 1.82) is 0 Å². The fraction of sp³-hybridized carbons (Fsp3) is 0.485. The molecule has 4 heterocycles. The topological polar surface area (TPSA) is 82.3 Å². The number of rotatable bonds is 10. The summed E-state index contributed by atoms with van der Waals surface area (Å²) in [6, 6.07) is 6.00. The number of nitrogens with zero attached hydrogens (tertiary/aromatic N) is 8. The molecular formula is C33H39ClN8O2. The maximum absolute atomic E-state index is 12.5. The van der Waals surface area contributed by atoms with Crippen LogP contribution in [0.4, 0.5) is 11.5 Å². The van der Waals surface area contributed by atoms with Crippen molar-refractivity contribution in [3.63, 3.8) is 0 Å². The summed E-state index contributed by atoms with van der Waals surface area (Å²) in [5.41, 5.74) is 2.97. The monoisotopic (exact) mass is 614 g/mol. The van der Waals surface area contributed by atoms with E-state index in [-0.39, 0.29) is 18.5 Å². The summed E-state index contributed by atoms with van der Waals surface area (Å²) in [6.07, 6.45) is 9.75. The lowest BCUT2D eigenvalue weighted by Crippen LogP contribution is -2.56. The Hall–Kier alpha value is -3.94. The molecule has 0 spiro atoms. The number of pyridine rings is 1. The summed E-state index contributed by atoms with van der Waals surface area (Å²) in [4.78, 5) is 39.1. The first kappa shape index (κ1) is 30.1. The van der Waals surface area contributed by atoms with Crippen molar-refractivity contribution in [3.05, 3.63) is 70.9 Å². The van der Waals surface area contributed by atoms with Crippen LogP contribution in [-0.2, 0) is 17.8 Å². The molecule has 44 heavy (non-hydrogen) atoms. The number of halogens is 1. The van der Waals surface area contributed by atoms with Crippen LogP contribution in [0.5, 0.6) is 6.01 Å². The van der Waals surface area contributed by atoms with Crippen LogP contribution in [0.1, 0.15) is 30.5 Å². The number of fused-ring (bicyclic) bond motifs is 2. The Morgan fingerprint density at radius 2 is 2.09 bits per heavy atom. The van der Waals surface area contributed by atoms with Gasteiger partial charge in [0, 0.05) is 61.8 Å². The van der Waals surface area contributed by atoms with E-state index < -0.39 is 0 Å². The molecule has 2 aliphatic heterocycles. The van der Waals surface area contributed by atoms with Crippen LogP contribution in [0.3, 0.4) is 0 Å². The number of amides is 1. The molecule has 6 rings (SSSR count). The minimum Gasteiger partial charge on any atom is -0.462 e. The predicted molar refractivity (Wildman–Crippen MR) is 173 cm³/mol. The van der Waals surface area contributed by atoms with Crippen molar-refractivity contribution in [1.82, 2.24) is 24.8 Å². The fourth-order valence-electron chi connectivity index (χ4n) is 6.55. The molecular weight excluding hydrogens is 576 g/mol. The molecule has 1 aromatic carbocycles. The van der Waals surface area contributed by atoms with E-state index in [1.807, 2.05) is 30.6 Å². The number of benzene rings is 1. The van der Waals surface area contributed by atoms with E-state index in [9.17, 15) is 4.79 Å². The molecule has 0 bridgehead atoms. The highest BCUT2D eigenvalue weighted by molar-refractivity contribution is 6.36. The van der Waals surface area contributed by atoms with Crippen molar-refractivity contribution in [2.75, 3.05) is 69.3 Å². The van der Waals surface area contributed by atoms with Crippen LogP contribution in [0, 0.1) is 12.5 Å². The first-order chi connectivity index (χ1) is 21.4. The summed E-state index contributed by atoms with van der Waals surface area (Å²) < 4.78 is 6.22. The van der Waals surface area contributed by atoms with Gasteiger partial charge in [-0.15, -0.1) is 0 Å². The third-order valence-electron chi connectivity index (χ3n) is 9.12. The second kappa shape index (κ2) is 13.4. The van der Waals surface area contributed by atoms with E-state index in [4.69, 9.17) is 32.9 Å². The molecule has 0 unspecified atom stereocenters. The Morgan fingerprint density at radius 3 is 2.86 bits per heavy atom. The average Bonchev–Trinajstić information content (AvgIpc) is 3.02. The molecule has 1 amide bonds. The van der Waals surface area contributed by atoms with Crippen molar-refractivity contribution in [2.24, 2.45) is 5.92 Å². The van der Waals surface area contributed by atoms with Gasteiger partial charge in [0.25, 0.3) is 0 Å². The van der Waals surface area contributed by atoms with Crippen molar-refractivity contribution in [3.8, 4) is 6.01 Å². The summed E-state index contributed by atoms with van der Waals surface area (Å²) >= 11 is 6.68. The van der Waals surface area contributed by atoms with Crippen LogP contribution >= 0.6 is 11.6 Å². The van der Waals surface area contributed by atoms with E-state index in [1.165, 1.54) is 25.3 Å². The number of aromatic nitrogens is 3. The summed E-state index contributed by atoms with van der Waals surface area (Å²) in [7, 11) is 2.14. The number of anilines is 2. The highest BCUT2D eigenvalue weighted by atomic mass is 35.5. The smallest absolute Gasteiger partial charge is 0.318 e. The minimum atomic E-state index is -0.245. The van der Waals surface area contributed by atoms with Crippen LogP contribution in [0.15, 0.2) is 43.2 Å². The summed E-state index contributed by atoms with van der Waals surface area (Å²) in [5.74, 6) is 1.49. The standard InChI is InChI=1S/C33H39ClN8O2/c1-4-30(43)42-14-13-41(21-25(42)18-35-2)32-26-11-12-40(29-19-36-17-24-9-6-10-27(34)31(24)29)22-28(26)37-33(38-32)44-16-15-39(3)20-23-7-5-8-23/h4,6,9-10,17,19,23,25H,1,5,7-8,11-16,18,20-22H2,3H3/t25-/m0/s1. The number of ether oxygens (including phenoxy) is 1. The average molecular weight is 615 g/mol. The van der Waals surface area contributed by atoms with Gasteiger partial charge in [0.15, 0.2) is 0 Å². The van der Waals surface area contributed by atoms with Gasteiger partial charge >= 0.3 is 6.01 Å². The van der Waals surface area contributed by atoms with Crippen LogP contribution < -0.4 is 14.5 Å². The Morgan fingerprint density at radius 1 is 1.23 bits per heavy atom. The third kappa shape index (κ3) is 6.30. The van der Waals surface area contributed by atoms with Gasteiger partial charge in [0.2, 0.25) is 12.5 Å². The maximum atomic E-state index is 12.5. The Kier molecular flexibility index (Phi) is 9.14. The SMILES string of the molecule is [C-]#[N+]C[C@H]1CN(c2nc(OCCN(C)CC3CCC3)nc3c2CCN(c2cncc4cccc(Cl)c24)C3)CCN1C(=O)C=C.